The molecule has 1 fully saturated rings. The zero-order valence-electron chi connectivity index (χ0n) is 18.6. The largest absolute Gasteiger partial charge is 0.493 e. The van der Waals surface area contributed by atoms with E-state index in [1.807, 2.05) is 18.2 Å². The second kappa shape index (κ2) is 8.78. The van der Waals surface area contributed by atoms with Crippen LogP contribution in [0, 0.1) is 11.6 Å². The van der Waals surface area contributed by atoms with Crippen molar-refractivity contribution in [2.45, 2.75) is 6.42 Å². The minimum Gasteiger partial charge on any atom is -0.493 e. The molecule has 8 heteroatoms. The van der Waals surface area contributed by atoms with Gasteiger partial charge in [-0.1, -0.05) is 12.1 Å². The number of halogens is 2. The van der Waals surface area contributed by atoms with Gasteiger partial charge in [-0.15, -0.1) is 0 Å². The van der Waals surface area contributed by atoms with E-state index in [2.05, 4.69) is 32.0 Å². The maximum atomic E-state index is 14.9. The third-order valence-corrected chi connectivity index (χ3v) is 6.17. The molecule has 1 aliphatic rings. The number of nitrogens with zero attached hydrogens (tertiary/aromatic N) is 4. The van der Waals surface area contributed by atoms with Gasteiger partial charge in [0, 0.05) is 43.3 Å². The summed E-state index contributed by atoms with van der Waals surface area (Å²) in [6.07, 6.45) is 2.26. The van der Waals surface area contributed by atoms with Crippen LogP contribution in [-0.4, -0.2) is 60.4 Å². The zero-order valence-corrected chi connectivity index (χ0v) is 18.6. The maximum Gasteiger partial charge on any atom is 0.181 e. The predicted octanol–water partition coefficient (Wildman–Crippen LogP) is 4.25. The standard InChI is InChI=1S/C25H25F2N5O/c1-31-8-10-32(11-9-31)22-7-6-16(14-21(22)27)12-17-13-19-23(29-30-25(19)28-15-17)18-4-3-5-20(26)24(18)33-2/h3-7,13-15H,8-12H2,1-2H3,(H,28,29,30). The quantitative estimate of drug-likeness (QED) is 0.494. The molecule has 1 N–H and O–H groups in total. The second-order valence-electron chi connectivity index (χ2n) is 8.39. The van der Waals surface area contributed by atoms with Crippen molar-refractivity contribution >= 4 is 16.7 Å². The molecule has 0 bridgehead atoms. The van der Waals surface area contributed by atoms with E-state index in [9.17, 15) is 8.78 Å². The summed E-state index contributed by atoms with van der Waals surface area (Å²) in [6.45, 7) is 3.49. The molecule has 3 heterocycles. The molecule has 0 radical (unpaired) electrons. The Kier molecular flexibility index (Phi) is 5.68. The number of methoxy groups -OCH3 is 1. The Labute approximate surface area is 190 Å². The molecule has 0 spiro atoms. The third-order valence-electron chi connectivity index (χ3n) is 6.17. The van der Waals surface area contributed by atoms with Crippen molar-refractivity contribution in [3.63, 3.8) is 0 Å². The Hall–Kier alpha value is -3.52. The van der Waals surface area contributed by atoms with Crippen molar-refractivity contribution in [2.24, 2.45) is 0 Å². The van der Waals surface area contributed by atoms with Gasteiger partial charge >= 0.3 is 0 Å². The van der Waals surface area contributed by atoms with E-state index in [0.717, 1.165) is 42.7 Å². The van der Waals surface area contributed by atoms with Gasteiger partial charge in [0.2, 0.25) is 0 Å². The van der Waals surface area contributed by atoms with Gasteiger partial charge in [0.25, 0.3) is 0 Å². The SMILES string of the molecule is COc1c(F)cccc1-c1[nH]nc2ncc(Cc3ccc(N4CCN(C)CC4)c(F)c3)cc12. The lowest BCUT2D eigenvalue weighted by Crippen LogP contribution is -2.44. The van der Waals surface area contributed by atoms with Crippen LogP contribution in [0.15, 0.2) is 48.7 Å². The van der Waals surface area contributed by atoms with E-state index in [0.29, 0.717) is 29.0 Å². The molecule has 5 rings (SSSR count). The Balaban J connectivity index is 1.43. The summed E-state index contributed by atoms with van der Waals surface area (Å²) in [7, 11) is 3.52. The first kappa shape index (κ1) is 21.3. The molecule has 0 aliphatic carbocycles. The summed E-state index contributed by atoms with van der Waals surface area (Å²) in [5, 5.41) is 7.95. The normalized spacial score (nSPS) is 14.7. The topological polar surface area (TPSA) is 57.3 Å². The van der Waals surface area contributed by atoms with Gasteiger partial charge in [-0.3, -0.25) is 5.10 Å². The molecule has 0 unspecified atom stereocenters. The molecule has 33 heavy (non-hydrogen) atoms. The van der Waals surface area contributed by atoms with E-state index in [1.165, 1.54) is 13.2 Å². The van der Waals surface area contributed by atoms with Crippen LogP contribution in [0.1, 0.15) is 11.1 Å². The Morgan fingerprint density at radius 3 is 2.58 bits per heavy atom. The van der Waals surface area contributed by atoms with Crippen LogP contribution >= 0.6 is 0 Å². The molecule has 4 aromatic rings. The first-order chi connectivity index (χ1) is 16.0. The number of anilines is 1. The average Bonchev–Trinajstić information content (AvgIpc) is 3.23. The van der Waals surface area contributed by atoms with Crippen LogP contribution in [0.3, 0.4) is 0 Å². The highest BCUT2D eigenvalue weighted by atomic mass is 19.1. The number of hydrogen-bond acceptors (Lipinski definition) is 5. The zero-order chi connectivity index (χ0) is 22.9. The molecule has 170 valence electrons. The van der Waals surface area contributed by atoms with Crippen LogP contribution in [0.2, 0.25) is 0 Å². The lowest BCUT2D eigenvalue weighted by molar-refractivity contribution is 0.311. The van der Waals surface area contributed by atoms with Crippen molar-refractivity contribution in [3.05, 3.63) is 71.4 Å². The van der Waals surface area contributed by atoms with Gasteiger partial charge in [-0.2, -0.15) is 5.10 Å². The smallest absolute Gasteiger partial charge is 0.181 e. The number of piperazine rings is 1. The molecule has 6 nitrogen and oxygen atoms in total. The fourth-order valence-electron chi connectivity index (χ4n) is 4.36. The van der Waals surface area contributed by atoms with Crippen molar-refractivity contribution in [1.82, 2.24) is 20.1 Å². The van der Waals surface area contributed by atoms with Crippen LogP contribution in [0.5, 0.6) is 5.75 Å². The molecule has 1 saturated heterocycles. The summed E-state index contributed by atoms with van der Waals surface area (Å²) in [6, 6.07) is 12.1. The summed E-state index contributed by atoms with van der Waals surface area (Å²) in [4.78, 5) is 8.78. The summed E-state index contributed by atoms with van der Waals surface area (Å²) < 4.78 is 34.4. The number of pyridine rings is 1. The van der Waals surface area contributed by atoms with Gasteiger partial charge in [-0.05, 0) is 54.9 Å². The highest BCUT2D eigenvalue weighted by Gasteiger charge is 2.19. The molecule has 0 amide bonds. The molecule has 2 aromatic heterocycles. The summed E-state index contributed by atoms with van der Waals surface area (Å²) in [5.74, 6) is -0.507. The van der Waals surface area contributed by atoms with Gasteiger partial charge in [0.1, 0.15) is 5.82 Å². The highest BCUT2D eigenvalue weighted by molar-refractivity contribution is 5.92. The fraction of sp³-hybridized carbons (Fsp3) is 0.280. The Bertz CT molecular complexity index is 1300. The number of ether oxygens (including phenoxy) is 1. The van der Waals surface area contributed by atoms with Crippen molar-refractivity contribution < 1.29 is 13.5 Å². The Morgan fingerprint density at radius 2 is 1.82 bits per heavy atom. The number of hydrogen-bond donors (Lipinski definition) is 1. The van der Waals surface area contributed by atoms with Gasteiger partial charge in [0.15, 0.2) is 17.2 Å². The van der Waals surface area contributed by atoms with Crippen molar-refractivity contribution in [3.8, 4) is 17.0 Å². The van der Waals surface area contributed by atoms with Gasteiger partial charge in [-0.25, -0.2) is 13.8 Å². The number of benzene rings is 2. The van der Waals surface area contributed by atoms with Crippen LogP contribution in [0.25, 0.3) is 22.3 Å². The molecular formula is C25H25F2N5O. The van der Waals surface area contributed by atoms with E-state index in [-0.39, 0.29) is 11.6 Å². The number of likely N-dealkylation sites (N-methyl/N-ethyl adjacent to an activating group) is 1. The fourth-order valence-corrected chi connectivity index (χ4v) is 4.36. The second-order valence-corrected chi connectivity index (χ2v) is 8.39. The predicted molar refractivity (Wildman–Crippen MR) is 125 cm³/mol. The molecule has 0 saturated carbocycles. The van der Waals surface area contributed by atoms with Crippen LogP contribution < -0.4 is 9.64 Å². The molecule has 1 aliphatic heterocycles. The number of para-hydroxylation sites is 1. The van der Waals surface area contributed by atoms with Gasteiger partial charge in [0.05, 0.1) is 18.5 Å². The van der Waals surface area contributed by atoms with Crippen molar-refractivity contribution in [1.29, 1.82) is 0 Å². The van der Waals surface area contributed by atoms with Crippen molar-refractivity contribution in [2.75, 3.05) is 45.2 Å². The number of aromatic nitrogens is 3. The van der Waals surface area contributed by atoms with Crippen LogP contribution in [0.4, 0.5) is 14.5 Å². The maximum absolute atomic E-state index is 14.9. The minimum atomic E-state index is -0.447. The lowest BCUT2D eigenvalue weighted by atomic mass is 10.0. The number of nitrogens with one attached hydrogen (secondary N) is 1. The van der Waals surface area contributed by atoms with E-state index in [1.54, 1.807) is 24.4 Å². The van der Waals surface area contributed by atoms with E-state index >= 15 is 0 Å². The average molecular weight is 450 g/mol. The first-order valence-electron chi connectivity index (χ1n) is 10.9. The molecule has 2 aromatic carbocycles. The monoisotopic (exact) mass is 449 g/mol. The number of aromatic amines is 1. The molecular weight excluding hydrogens is 424 g/mol. The summed E-state index contributed by atoms with van der Waals surface area (Å²) >= 11 is 0. The number of rotatable bonds is 5. The van der Waals surface area contributed by atoms with Crippen LogP contribution in [-0.2, 0) is 6.42 Å². The van der Waals surface area contributed by atoms with Gasteiger partial charge < -0.3 is 14.5 Å². The van der Waals surface area contributed by atoms with E-state index in [4.69, 9.17) is 4.74 Å². The Morgan fingerprint density at radius 1 is 1.00 bits per heavy atom. The van der Waals surface area contributed by atoms with E-state index < -0.39 is 5.82 Å². The lowest BCUT2D eigenvalue weighted by Gasteiger charge is -2.34. The highest BCUT2D eigenvalue weighted by Crippen LogP contribution is 2.35. The number of H-pyrrole nitrogens is 1. The third kappa shape index (κ3) is 4.14. The molecule has 0 atom stereocenters. The first-order valence-corrected chi connectivity index (χ1v) is 10.9. The minimum absolute atomic E-state index is 0.148. The summed E-state index contributed by atoms with van der Waals surface area (Å²) in [5.41, 5.74) is 4.15. The number of fused-ring (bicyclic) bond motifs is 1.